The molecule has 2 heterocycles. The van der Waals surface area contributed by atoms with Crippen molar-refractivity contribution in [2.75, 3.05) is 6.54 Å². The lowest BCUT2D eigenvalue weighted by Crippen LogP contribution is -2.25. The van der Waals surface area contributed by atoms with Crippen LogP contribution in [0.25, 0.3) is 0 Å². The van der Waals surface area contributed by atoms with Gasteiger partial charge in [-0.3, -0.25) is 4.68 Å². The van der Waals surface area contributed by atoms with E-state index in [1.165, 1.54) is 11.3 Å². The van der Waals surface area contributed by atoms with Crippen molar-refractivity contribution in [3.05, 3.63) is 41.6 Å². The Kier molecular flexibility index (Phi) is 3.64. The average molecular weight is 233 g/mol. The summed E-state index contributed by atoms with van der Waals surface area (Å²) in [5.74, 6) is 0.958. The maximum atomic E-state index is 5.39. The van der Waals surface area contributed by atoms with Crippen LogP contribution in [0.2, 0.25) is 0 Å². The molecule has 0 amide bonds. The van der Waals surface area contributed by atoms with Crippen LogP contribution in [0.4, 0.5) is 0 Å². The number of furan rings is 1. The van der Waals surface area contributed by atoms with Crippen molar-refractivity contribution in [1.29, 1.82) is 0 Å². The van der Waals surface area contributed by atoms with Crippen LogP contribution in [0.3, 0.4) is 0 Å². The highest BCUT2D eigenvalue weighted by Crippen LogP contribution is 2.25. The van der Waals surface area contributed by atoms with Gasteiger partial charge >= 0.3 is 0 Å². The Hall–Kier alpha value is -1.55. The first kappa shape index (κ1) is 11.9. The molecule has 0 aliphatic heterocycles. The largest absolute Gasteiger partial charge is 0.469 e. The Morgan fingerprint density at radius 1 is 1.41 bits per heavy atom. The molecule has 0 aliphatic rings. The SMILES string of the molecule is CCNC(c1ccoc1C)c1ccnn1CC. The molecular formula is C13H19N3O. The summed E-state index contributed by atoms with van der Waals surface area (Å²) in [5.41, 5.74) is 2.36. The van der Waals surface area contributed by atoms with Crippen LogP contribution in [-0.2, 0) is 6.54 Å². The van der Waals surface area contributed by atoms with Gasteiger partial charge in [-0.15, -0.1) is 0 Å². The van der Waals surface area contributed by atoms with Crippen molar-refractivity contribution in [1.82, 2.24) is 15.1 Å². The first-order valence-corrected chi connectivity index (χ1v) is 6.07. The molecule has 2 rings (SSSR count). The maximum absolute atomic E-state index is 5.39. The summed E-state index contributed by atoms with van der Waals surface area (Å²) >= 11 is 0. The molecule has 0 aliphatic carbocycles. The molecule has 0 aromatic carbocycles. The number of hydrogen-bond acceptors (Lipinski definition) is 3. The summed E-state index contributed by atoms with van der Waals surface area (Å²) in [6.07, 6.45) is 3.58. The van der Waals surface area contributed by atoms with Crippen molar-refractivity contribution in [3.63, 3.8) is 0 Å². The van der Waals surface area contributed by atoms with Crippen LogP contribution in [0.15, 0.2) is 29.0 Å². The normalized spacial score (nSPS) is 12.9. The standard InChI is InChI=1S/C13H19N3O/c1-4-14-13(11-7-9-17-10(11)3)12-6-8-15-16(12)5-2/h6-9,13-14H,4-5H2,1-3H3. The van der Waals surface area contributed by atoms with Gasteiger partial charge in [-0.1, -0.05) is 6.92 Å². The van der Waals surface area contributed by atoms with E-state index < -0.39 is 0 Å². The second-order valence-corrected chi connectivity index (χ2v) is 3.99. The summed E-state index contributed by atoms with van der Waals surface area (Å²) in [4.78, 5) is 0. The van der Waals surface area contributed by atoms with E-state index in [2.05, 4.69) is 30.3 Å². The number of nitrogens with zero attached hydrogens (tertiary/aromatic N) is 2. The summed E-state index contributed by atoms with van der Waals surface area (Å²) in [6, 6.07) is 4.24. The van der Waals surface area contributed by atoms with Gasteiger partial charge in [0.05, 0.1) is 18.0 Å². The lowest BCUT2D eigenvalue weighted by Gasteiger charge is -2.18. The first-order chi connectivity index (χ1) is 8.27. The molecule has 2 aromatic rings. The summed E-state index contributed by atoms with van der Waals surface area (Å²) in [6.45, 7) is 7.98. The van der Waals surface area contributed by atoms with E-state index in [4.69, 9.17) is 4.42 Å². The topological polar surface area (TPSA) is 43.0 Å². The van der Waals surface area contributed by atoms with Crippen LogP contribution in [0, 0.1) is 6.92 Å². The lowest BCUT2D eigenvalue weighted by molar-refractivity contribution is 0.506. The molecule has 4 heteroatoms. The predicted molar refractivity (Wildman–Crippen MR) is 66.9 cm³/mol. The van der Waals surface area contributed by atoms with Crippen molar-refractivity contribution >= 4 is 0 Å². The first-order valence-electron chi connectivity index (χ1n) is 6.07. The van der Waals surface area contributed by atoms with E-state index in [0.717, 1.165) is 18.8 Å². The Morgan fingerprint density at radius 3 is 2.82 bits per heavy atom. The monoisotopic (exact) mass is 233 g/mol. The Labute approximate surface area is 102 Å². The molecule has 17 heavy (non-hydrogen) atoms. The van der Waals surface area contributed by atoms with Crippen LogP contribution in [0.1, 0.15) is 36.9 Å². The van der Waals surface area contributed by atoms with Crippen LogP contribution in [-0.4, -0.2) is 16.3 Å². The quantitative estimate of drug-likeness (QED) is 0.862. The highest BCUT2D eigenvalue weighted by molar-refractivity contribution is 5.29. The van der Waals surface area contributed by atoms with Gasteiger partial charge in [0.25, 0.3) is 0 Å². The molecule has 0 fully saturated rings. The highest BCUT2D eigenvalue weighted by atomic mass is 16.3. The fourth-order valence-corrected chi connectivity index (χ4v) is 2.12. The lowest BCUT2D eigenvalue weighted by atomic mass is 10.0. The number of hydrogen-bond donors (Lipinski definition) is 1. The fourth-order valence-electron chi connectivity index (χ4n) is 2.12. The molecule has 0 saturated heterocycles. The van der Waals surface area contributed by atoms with Crippen molar-refractivity contribution in [2.24, 2.45) is 0 Å². The van der Waals surface area contributed by atoms with Gasteiger partial charge in [0.15, 0.2) is 0 Å². The van der Waals surface area contributed by atoms with Gasteiger partial charge in [0.1, 0.15) is 5.76 Å². The van der Waals surface area contributed by atoms with Crippen molar-refractivity contribution in [3.8, 4) is 0 Å². The molecule has 0 saturated carbocycles. The predicted octanol–water partition coefficient (Wildman–Crippen LogP) is 2.50. The minimum absolute atomic E-state index is 0.154. The van der Waals surface area contributed by atoms with Crippen molar-refractivity contribution < 1.29 is 4.42 Å². The zero-order chi connectivity index (χ0) is 12.3. The van der Waals surface area contributed by atoms with Gasteiger partial charge in [-0.05, 0) is 32.5 Å². The van der Waals surface area contributed by atoms with E-state index in [1.807, 2.05) is 23.9 Å². The van der Waals surface area contributed by atoms with E-state index in [1.54, 1.807) is 6.26 Å². The van der Waals surface area contributed by atoms with Gasteiger partial charge in [-0.25, -0.2) is 0 Å². The third-order valence-electron chi connectivity index (χ3n) is 2.96. The minimum Gasteiger partial charge on any atom is -0.469 e. The van der Waals surface area contributed by atoms with Gasteiger partial charge in [-0.2, -0.15) is 5.10 Å². The summed E-state index contributed by atoms with van der Waals surface area (Å²) < 4.78 is 7.41. The van der Waals surface area contributed by atoms with Crippen LogP contribution < -0.4 is 5.32 Å². The third-order valence-corrected chi connectivity index (χ3v) is 2.96. The van der Waals surface area contributed by atoms with Crippen molar-refractivity contribution in [2.45, 2.75) is 33.4 Å². The molecule has 1 unspecified atom stereocenters. The minimum atomic E-state index is 0.154. The smallest absolute Gasteiger partial charge is 0.105 e. The summed E-state index contributed by atoms with van der Waals surface area (Å²) in [7, 11) is 0. The molecule has 0 radical (unpaired) electrons. The Morgan fingerprint density at radius 2 is 2.24 bits per heavy atom. The number of rotatable bonds is 5. The van der Waals surface area contributed by atoms with Crippen LogP contribution in [0.5, 0.6) is 0 Å². The van der Waals surface area contributed by atoms with Gasteiger partial charge in [0.2, 0.25) is 0 Å². The number of aryl methyl sites for hydroxylation is 2. The number of nitrogens with one attached hydrogen (secondary N) is 1. The van der Waals surface area contributed by atoms with E-state index in [0.29, 0.717) is 0 Å². The molecular weight excluding hydrogens is 214 g/mol. The molecule has 1 atom stereocenters. The Balaban J connectivity index is 2.39. The number of aromatic nitrogens is 2. The molecule has 4 nitrogen and oxygen atoms in total. The fraction of sp³-hybridized carbons (Fsp3) is 0.462. The Bertz CT molecular complexity index is 472. The van der Waals surface area contributed by atoms with Gasteiger partial charge < -0.3 is 9.73 Å². The zero-order valence-corrected chi connectivity index (χ0v) is 10.6. The maximum Gasteiger partial charge on any atom is 0.105 e. The molecule has 92 valence electrons. The third kappa shape index (κ3) is 2.26. The second kappa shape index (κ2) is 5.19. The van der Waals surface area contributed by atoms with E-state index in [9.17, 15) is 0 Å². The average Bonchev–Trinajstić information content (AvgIpc) is 2.94. The zero-order valence-electron chi connectivity index (χ0n) is 10.6. The molecule has 0 bridgehead atoms. The molecule has 0 spiro atoms. The van der Waals surface area contributed by atoms with Crippen LogP contribution >= 0.6 is 0 Å². The second-order valence-electron chi connectivity index (χ2n) is 3.99. The summed E-state index contributed by atoms with van der Waals surface area (Å²) in [5, 5.41) is 7.81. The van der Waals surface area contributed by atoms with Gasteiger partial charge in [0, 0.05) is 18.3 Å². The van der Waals surface area contributed by atoms with E-state index >= 15 is 0 Å². The molecule has 2 aromatic heterocycles. The molecule has 1 N–H and O–H groups in total. The highest BCUT2D eigenvalue weighted by Gasteiger charge is 2.20. The van der Waals surface area contributed by atoms with E-state index in [-0.39, 0.29) is 6.04 Å².